The van der Waals surface area contributed by atoms with Crippen molar-refractivity contribution in [3.63, 3.8) is 0 Å². The number of amides is 1. The lowest BCUT2D eigenvalue weighted by molar-refractivity contribution is 0.0673. The fraction of sp³-hybridized carbons (Fsp3) is 0.421. The predicted octanol–water partition coefficient (Wildman–Crippen LogP) is 2.15. The van der Waals surface area contributed by atoms with Crippen LogP contribution in [0.2, 0.25) is 0 Å². The lowest BCUT2D eigenvalue weighted by atomic mass is 10.0. The summed E-state index contributed by atoms with van der Waals surface area (Å²) < 4.78 is 6.87. The van der Waals surface area contributed by atoms with Crippen LogP contribution < -0.4 is 4.74 Å². The smallest absolute Gasteiger partial charge is 0.356 e. The van der Waals surface area contributed by atoms with Gasteiger partial charge < -0.3 is 19.8 Å². The number of hydrogen-bond donors (Lipinski definition) is 2. The number of phenols is 1. The molecule has 0 saturated heterocycles. The van der Waals surface area contributed by atoms with E-state index < -0.39 is 5.97 Å². The molecule has 8 nitrogen and oxygen atoms in total. The van der Waals surface area contributed by atoms with Crippen molar-refractivity contribution >= 4 is 11.9 Å². The Kier molecular flexibility index (Phi) is 5.07. The van der Waals surface area contributed by atoms with E-state index in [1.54, 1.807) is 10.7 Å². The number of benzene rings is 1. The van der Waals surface area contributed by atoms with Crippen LogP contribution in [0.5, 0.6) is 11.5 Å². The number of aromatic nitrogens is 2. The Morgan fingerprint density at radius 3 is 2.70 bits per heavy atom. The number of nitrogens with zero attached hydrogens (tertiary/aromatic N) is 3. The Labute approximate surface area is 157 Å². The summed E-state index contributed by atoms with van der Waals surface area (Å²) in [5, 5.41) is 23.8. The van der Waals surface area contributed by atoms with Gasteiger partial charge in [-0.05, 0) is 24.1 Å². The Hall–Kier alpha value is -3.03. The molecular weight excluding hydrogens is 350 g/mol. The Bertz CT molecular complexity index is 888. The standard InChI is InChI=1S/C19H23N3O5/c1-11(2)9-22-15-6-7-21(10-14(15)17(20-22)19(25)26)18(24)13-8-12(27-3)4-5-16(13)23/h4-5,8,11,23H,6-7,9-10H2,1-3H3,(H,25,26). The molecule has 0 bridgehead atoms. The number of fused-ring (bicyclic) bond motifs is 1. The van der Waals surface area contributed by atoms with Crippen LogP contribution in [0.3, 0.4) is 0 Å². The largest absolute Gasteiger partial charge is 0.507 e. The van der Waals surface area contributed by atoms with Crippen molar-refractivity contribution < 1.29 is 24.5 Å². The highest BCUT2D eigenvalue weighted by Gasteiger charge is 2.31. The summed E-state index contributed by atoms with van der Waals surface area (Å²) in [5.41, 5.74) is 1.53. The van der Waals surface area contributed by atoms with Crippen molar-refractivity contribution in [2.45, 2.75) is 33.4 Å². The van der Waals surface area contributed by atoms with Gasteiger partial charge in [0.05, 0.1) is 19.2 Å². The summed E-state index contributed by atoms with van der Waals surface area (Å²) in [4.78, 5) is 26.1. The first-order chi connectivity index (χ1) is 12.8. The fourth-order valence-corrected chi connectivity index (χ4v) is 3.32. The maximum Gasteiger partial charge on any atom is 0.356 e. The normalized spacial score (nSPS) is 13.6. The molecular formula is C19H23N3O5. The van der Waals surface area contributed by atoms with E-state index in [0.717, 1.165) is 5.69 Å². The topological polar surface area (TPSA) is 105 Å². The zero-order chi connectivity index (χ0) is 19.7. The molecule has 0 saturated carbocycles. The molecule has 144 valence electrons. The van der Waals surface area contributed by atoms with Crippen molar-refractivity contribution in [2.24, 2.45) is 5.92 Å². The number of methoxy groups -OCH3 is 1. The third-order valence-electron chi connectivity index (χ3n) is 4.60. The molecule has 2 heterocycles. The molecule has 1 aliphatic heterocycles. The SMILES string of the molecule is COc1ccc(O)c(C(=O)N2CCc3c(c(C(=O)O)nn3CC(C)C)C2)c1. The monoisotopic (exact) mass is 373 g/mol. The van der Waals surface area contributed by atoms with Crippen LogP contribution in [0.4, 0.5) is 0 Å². The van der Waals surface area contributed by atoms with Crippen LogP contribution in [0.15, 0.2) is 18.2 Å². The number of ether oxygens (including phenoxy) is 1. The molecule has 1 amide bonds. The van der Waals surface area contributed by atoms with E-state index >= 15 is 0 Å². The Morgan fingerprint density at radius 1 is 1.33 bits per heavy atom. The Morgan fingerprint density at radius 2 is 2.07 bits per heavy atom. The molecule has 3 rings (SSSR count). The van der Waals surface area contributed by atoms with E-state index in [9.17, 15) is 19.8 Å². The van der Waals surface area contributed by atoms with Gasteiger partial charge >= 0.3 is 5.97 Å². The van der Waals surface area contributed by atoms with Gasteiger partial charge in [-0.3, -0.25) is 9.48 Å². The second-order valence-electron chi connectivity index (χ2n) is 7.01. The van der Waals surface area contributed by atoms with Gasteiger partial charge in [-0.2, -0.15) is 5.10 Å². The minimum Gasteiger partial charge on any atom is -0.507 e. The molecule has 2 aromatic rings. The molecule has 0 atom stereocenters. The van der Waals surface area contributed by atoms with Crippen LogP contribution in [0.1, 0.15) is 46.0 Å². The van der Waals surface area contributed by atoms with Gasteiger partial charge in [-0.1, -0.05) is 13.8 Å². The van der Waals surface area contributed by atoms with Crippen LogP contribution in [0, 0.1) is 5.92 Å². The third-order valence-corrected chi connectivity index (χ3v) is 4.60. The average molecular weight is 373 g/mol. The molecule has 0 aliphatic carbocycles. The minimum absolute atomic E-state index is 0.0157. The molecule has 27 heavy (non-hydrogen) atoms. The number of rotatable bonds is 5. The van der Waals surface area contributed by atoms with Crippen molar-refractivity contribution in [1.29, 1.82) is 0 Å². The summed E-state index contributed by atoms with van der Waals surface area (Å²) >= 11 is 0. The van der Waals surface area contributed by atoms with Gasteiger partial charge in [0, 0.05) is 30.8 Å². The summed E-state index contributed by atoms with van der Waals surface area (Å²) in [6.45, 7) is 5.27. The molecule has 0 radical (unpaired) electrons. The van der Waals surface area contributed by atoms with Crippen molar-refractivity contribution in [3.8, 4) is 11.5 Å². The van der Waals surface area contributed by atoms with Gasteiger partial charge in [-0.15, -0.1) is 0 Å². The van der Waals surface area contributed by atoms with Gasteiger partial charge in [0.1, 0.15) is 11.5 Å². The van der Waals surface area contributed by atoms with E-state index in [2.05, 4.69) is 5.10 Å². The maximum atomic E-state index is 12.9. The van der Waals surface area contributed by atoms with E-state index in [1.165, 1.54) is 24.1 Å². The number of phenolic OH excluding ortho intramolecular Hbond substituents is 1. The van der Waals surface area contributed by atoms with Crippen molar-refractivity contribution in [3.05, 3.63) is 40.7 Å². The zero-order valence-corrected chi connectivity index (χ0v) is 15.6. The number of aromatic carboxylic acids is 1. The number of carbonyl (C=O) groups excluding carboxylic acids is 1. The fourth-order valence-electron chi connectivity index (χ4n) is 3.32. The summed E-state index contributed by atoms with van der Waals surface area (Å²) in [5.74, 6) is -0.827. The molecule has 0 unspecified atom stereocenters. The maximum absolute atomic E-state index is 12.9. The average Bonchev–Trinajstić information content (AvgIpc) is 2.99. The lowest BCUT2D eigenvalue weighted by Gasteiger charge is -2.28. The van der Waals surface area contributed by atoms with E-state index in [1.807, 2.05) is 13.8 Å². The van der Waals surface area contributed by atoms with E-state index in [4.69, 9.17) is 4.74 Å². The van der Waals surface area contributed by atoms with Crippen LogP contribution in [-0.2, 0) is 19.5 Å². The van der Waals surface area contributed by atoms with Crippen molar-refractivity contribution in [2.75, 3.05) is 13.7 Å². The van der Waals surface area contributed by atoms with Crippen LogP contribution in [0.25, 0.3) is 0 Å². The number of aromatic hydroxyl groups is 1. The summed E-state index contributed by atoms with van der Waals surface area (Å²) in [7, 11) is 1.48. The predicted molar refractivity (Wildman–Crippen MR) is 97.1 cm³/mol. The van der Waals surface area contributed by atoms with E-state index in [0.29, 0.717) is 36.7 Å². The molecule has 2 N–H and O–H groups in total. The van der Waals surface area contributed by atoms with Crippen LogP contribution >= 0.6 is 0 Å². The first-order valence-electron chi connectivity index (χ1n) is 8.80. The van der Waals surface area contributed by atoms with E-state index in [-0.39, 0.29) is 29.5 Å². The summed E-state index contributed by atoms with van der Waals surface area (Å²) in [6.07, 6.45) is 0.513. The molecule has 8 heteroatoms. The van der Waals surface area contributed by atoms with Gasteiger partial charge in [-0.25, -0.2) is 4.79 Å². The lowest BCUT2D eigenvalue weighted by Crippen LogP contribution is -2.37. The first-order valence-corrected chi connectivity index (χ1v) is 8.80. The highest BCUT2D eigenvalue weighted by molar-refractivity contribution is 5.97. The highest BCUT2D eigenvalue weighted by atomic mass is 16.5. The second kappa shape index (κ2) is 7.30. The van der Waals surface area contributed by atoms with Crippen LogP contribution in [-0.4, -0.2) is 50.4 Å². The third kappa shape index (κ3) is 3.60. The van der Waals surface area contributed by atoms with Crippen molar-refractivity contribution in [1.82, 2.24) is 14.7 Å². The zero-order valence-electron chi connectivity index (χ0n) is 15.6. The quantitative estimate of drug-likeness (QED) is 0.832. The minimum atomic E-state index is -1.10. The van der Waals surface area contributed by atoms with Gasteiger partial charge in [0.15, 0.2) is 5.69 Å². The molecule has 0 spiro atoms. The first kappa shape index (κ1) is 18.8. The van der Waals surface area contributed by atoms with Gasteiger partial charge in [0.2, 0.25) is 0 Å². The molecule has 1 aromatic heterocycles. The number of carboxylic acid groups (broad SMARTS) is 1. The molecule has 1 aliphatic rings. The highest BCUT2D eigenvalue weighted by Crippen LogP contribution is 2.28. The van der Waals surface area contributed by atoms with Gasteiger partial charge in [0.25, 0.3) is 5.91 Å². The molecule has 1 aromatic carbocycles. The second-order valence-corrected chi connectivity index (χ2v) is 7.01. The Balaban J connectivity index is 1.93. The number of carbonyl (C=O) groups is 2. The number of carboxylic acids is 1. The number of hydrogen-bond acceptors (Lipinski definition) is 5. The molecule has 0 fully saturated rings. The summed E-state index contributed by atoms with van der Waals surface area (Å²) in [6, 6.07) is 4.46.